The van der Waals surface area contributed by atoms with Crippen LogP contribution in [0.3, 0.4) is 0 Å². The average Bonchev–Trinajstić information content (AvgIpc) is 2.33. The zero-order valence-corrected chi connectivity index (χ0v) is 10.9. The third-order valence-electron chi connectivity index (χ3n) is 2.34. The molecule has 0 aliphatic carbocycles. The van der Waals surface area contributed by atoms with Crippen LogP contribution in [0, 0.1) is 11.3 Å². The van der Waals surface area contributed by atoms with E-state index in [1.807, 2.05) is 13.0 Å². The first-order valence-electron chi connectivity index (χ1n) is 5.22. The molecular weight excluding hydrogens is 259 g/mol. The lowest BCUT2D eigenvalue weighted by Crippen LogP contribution is -2.31. The molecule has 3 nitrogen and oxygen atoms in total. The minimum Gasteiger partial charge on any atom is -0.338 e. The Balaban J connectivity index is 2.94. The molecule has 0 spiro atoms. The van der Waals surface area contributed by atoms with Gasteiger partial charge < -0.3 is 4.90 Å². The summed E-state index contributed by atoms with van der Waals surface area (Å²) in [7, 11) is 0. The number of halogens is 2. The Hall–Kier alpha value is -1.24. The first-order valence-corrected chi connectivity index (χ1v) is 5.97. The summed E-state index contributed by atoms with van der Waals surface area (Å²) in [5.41, 5.74) is 0.374. The topological polar surface area (TPSA) is 44.1 Å². The maximum atomic E-state index is 12.1. The number of nitrogens with zero attached hydrogens (tertiary/aromatic N) is 2. The second-order valence-electron chi connectivity index (χ2n) is 3.39. The maximum absolute atomic E-state index is 12.1. The van der Waals surface area contributed by atoms with Gasteiger partial charge in [0.05, 0.1) is 28.1 Å². The highest BCUT2D eigenvalue weighted by molar-refractivity contribution is 6.43. The van der Waals surface area contributed by atoms with E-state index < -0.39 is 0 Å². The number of carbonyl (C=O) groups excluding carboxylic acids is 1. The minimum atomic E-state index is -0.199. The average molecular weight is 271 g/mol. The van der Waals surface area contributed by atoms with Crippen LogP contribution >= 0.6 is 23.2 Å². The lowest BCUT2D eigenvalue weighted by Gasteiger charge is -2.20. The van der Waals surface area contributed by atoms with Crippen molar-refractivity contribution in [2.24, 2.45) is 0 Å². The zero-order chi connectivity index (χ0) is 12.8. The fourth-order valence-corrected chi connectivity index (χ4v) is 1.81. The summed E-state index contributed by atoms with van der Waals surface area (Å²) < 4.78 is 0. The van der Waals surface area contributed by atoms with Crippen molar-refractivity contribution in [3.63, 3.8) is 0 Å². The molecule has 0 atom stereocenters. The van der Waals surface area contributed by atoms with Crippen molar-refractivity contribution in [1.82, 2.24) is 4.90 Å². The second kappa shape index (κ2) is 6.48. The summed E-state index contributed by atoms with van der Waals surface area (Å²) in [5.74, 6) is -0.199. The molecule has 1 aromatic carbocycles. The van der Waals surface area contributed by atoms with E-state index in [1.165, 1.54) is 0 Å². The van der Waals surface area contributed by atoms with Crippen molar-refractivity contribution in [3.8, 4) is 6.07 Å². The van der Waals surface area contributed by atoms with E-state index in [1.54, 1.807) is 23.1 Å². The molecule has 1 amide bonds. The molecule has 5 heteroatoms. The van der Waals surface area contributed by atoms with Gasteiger partial charge in [-0.2, -0.15) is 5.26 Å². The molecule has 0 N–H and O–H groups in total. The number of carbonyl (C=O) groups is 1. The van der Waals surface area contributed by atoms with Crippen LogP contribution in [0.2, 0.25) is 10.0 Å². The van der Waals surface area contributed by atoms with Gasteiger partial charge in [0.1, 0.15) is 0 Å². The molecule has 0 radical (unpaired) electrons. The molecule has 0 aromatic heterocycles. The molecule has 0 aliphatic rings. The van der Waals surface area contributed by atoms with Crippen LogP contribution in [-0.2, 0) is 0 Å². The molecule has 1 rings (SSSR count). The van der Waals surface area contributed by atoms with Gasteiger partial charge in [0.25, 0.3) is 5.91 Å². The molecule has 0 saturated heterocycles. The Labute approximate surface area is 111 Å². The van der Waals surface area contributed by atoms with Crippen LogP contribution in [0.5, 0.6) is 0 Å². The molecule has 0 saturated carbocycles. The van der Waals surface area contributed by atoms with Crippen molar-refractivity contribution < 1.29 is 4.79 Å². The zero-order valence-electron chi connectivity index (χ0n) is 9.41. The summed E-state index contributed by atoms with van der Waals surface area (Å²) in [4.78, 5) is 13.7. The van der Waals surface area contributed by atoms with Crippen LogP contribution in [0.1, 0.15) is 23.7 Å². The molecule has 0 heterocycles. The molecule has 0 fully saturated rings. The SMILES string of the molecule is CCN(CCC#N)C(=O)c1cccc(Cl)c1Cl. The predicted octanol–water partition coefficient (Wildman–Crippen LogP) is 3.37. The smallest absolute Gasteiger partial charge is 0.255 e. The summed E-state index contributed by atoms with van der Waals surface area (Å²) in [6.45, 7) is 2.78. The predicted molar refractivity (Wildman–Crippen MR) is 68.3 cm³/mol. The number of amides is 1. The van der Waals surface area contributed by atoms with Crippen LogP contribution in [0.15, 0.2) is 18.2 Å². The maximum Gasteiger partial charge on any atom is 0.255 e. The summed E-state index contributed by atoms with van der Waals surface area (Å²) in [6, 6.07) is 6.95. The largest absolute Gasteiger partial charge is 0.338 e. The summed E-state index contributed by atoms with van der Waals surface area (Å²) >= 11 is 11.8. The Morgan fingerprint density at radius 2 is 2.18 bits per heavy atom. The summed E-state index contributed by atoms with van der Waals surface area (Å²) in [5, 5.41) is 9.14. The number of hydrogen-bond donors (Lipinski definition) is 0. The Morgan fingerprint density at radius 3 is 2.76 bits per heavy atom. The van der Waals surface area contributed by atoms with Gasteiger partial charge in [-0.15, -0.1) is 0 Å². The van der Waals surface area contributed by atoms with E-state index in [2.05, 4.69) is 0 Å². The van der Waals surface area contributed by atoms with E-state index in [9.17, 15) is 4.79 Å². The fraction of sp³-hybridized carbons (Fsp3) is 0.333. The molecular formula is C12H12Cl2N2O. The molecule has 0 bridgehead atoms. The number of benzene rings is 1. The van der Waals surface area contributed by atoms with E-state index in [0.717, 1.165) is 0 Å². The van der Waals surface area contributed by atoms with Gasteiger partial charge in [0, 0.05) is 13.1 Å². The molecule has 90 valence electrons. The Bertz CT molecular complexity index is 454. The van der Waals surface area contributed by atoms with Crippen LogP contribution in [0.25, 0.3) is 0 Å². The first-order chi connectivity index (χ1) is 8.11. The highest BCUT2D eigenvalue weighted by atomic mass is 35.5. The lowest BCUT2D eigenvalue weighted by atomic mass is 10.2. The third kappa shape index (κ3) is 3.36. The lowest BCUT2D eigenvalue weighted by molar-refractivity contribution is 0.0768. The van der Waals surface area contributed by atoms with Gasteiger partial charge in [-0.05, 0) is 19.1 Å². The van der Waals surface area contributed by atoms with Crippen molar-refractivity contribution in [2.75, 3.05) is 13.1 Å². The van der Waals surface area contributed by atoms with Crippen molar-refractivity contribution in [3.05, 3.63) is 33.8 Å². The monoisotopic (exact) mass is 270 g/mol. The molecule has 0 aliphatic heterocycles. The van der Waals surface area contributed by atoms with Gasteiger partial charge >= 0.3 is 0 Å². The van der Waals surface area contributed by atoms with Crippen LogP contribution in [-0.4, -0.2) is 23.9 Å². The highest BCUT2D eigenvalue weighted by Gasteiger charge is 2.17. The number of rotatable bonds is 4. The van der Waals surface area contributed by atoms with E-state index in [0.29, 0.717) is 30.1 Å². The van der Waals surface area contributed by atoms with Crippen molar-refractivity contribution in [1.29, 1.82) is 5.26 Å². The normalized spacial score (nSPS) is 9.76. The van der Waals surface area contributed by atoms with E-state index >= 15 is 0 Å². The minimum absolute atomic E-state index is 0.199. The van der Waals surface area contributed by atoms with Crippen molar-refractivity contribution >= 4 is 29.1 Å². The quantitative estimate of drug-likeness (QED) is 0.842. The number of hydrogen-bond acceptors (Lipinski definition) is 2. The van der Waals surface area contributed by atoms with Gasteiger partial charge in [0.2, 0.25) is 0 Å². The van der Waals surface area contributed by atoms with Gasteiger partial charge in [-0.1, -0.05) is 29.3 Å². The Kier molecular flexibility index (Phi) is 5.27. The fourth-order valence-electron chi connectivity index (χ4n) is 1.43. The van der Waals surface area contributed by atoms with Gasteiger partial charge in [-0.25, -0.2) is 0 Å². The van der Waals surface area contributed by atoms with Gasteiger partial charge in [-0.3, -0.25) is 4.79 Å². The first kappa shape index (κ1) is 13.8. The number of nitriles is 1. The highest BCUT2D eigenvalue weighted by Crippen LogP contribution is 2.26. The molecule has 1 aromatic rings. The van der Waals surface area contributed by atoms with Crippen LogP contribution < -0.4 is 0 Å². The molecule has 0 unspecified atom stereocenters. The van der Waals surface area contributed by atoms with Gasteiger partial charge in [0.15, 0.2) is 0 Å². The van der Waals surface area contributed by atoms with E-state index in [-0.39, 0.29) is 10.9 Å². The van der Waals surface area contributed by atoms with Crippen molar-refractivity contribution in [2.45, 2.75) is 13.3 Å². The molecule has 17 heavy (non-hydrogen) atoms. The van der Waals surface area contributed by atoms with E-state index in [4.69, 9.17) is 28.5 Å². The standard InChI is InChI=1S/C12H12Cl2N2O/c1-2-16(8-4-7-15)12(17)9-5-3-6-10(13)11(9)14/h3,5-6H,2,4,8H2,1H3. The summed E-state index contributed by atoms with van der Waals surface area (Å²) in [6.07, 6.45) is 0.303. The van der Waals surface area contributed by atoms with Crippen LogP contribution in [0.4, 0.5) is 0 Å². The Morgan fingerprint density at radius 1 is 1.47 bits per heavy atom. The third-order valence-corrected chi connectivity index (χ3v) is 3.16. The second-order valence-corrected chi connectivity index (χ2v) is 4.18.